The van der Waals surface area contributed by atoms with Crippen molar-refractivity contribution in [2.75, 3.05) is 53.1 Å². The van der Waals surface area contributed by atoms with Crippen molar-refractivity contribution in [2.24, 2.45) is 17.3 Å². The Hall–Kier alpha value is -4.98. The molecule has 1 aliphatic carbocycles. The first kappa shape index (κ1) is 36.8. The summed E-state index contributed by atoms with van der Waals surface area (Å²) in [5.74, 6) is 0.698. The lowest BCUT2D eigenvalue weighted by Gasteiger charge is -2.33. The number of rotatable bonds is 8. The van der Waals surface area contributed by atoms with Crippen molar-refractivity contribution < 1.29 is 37.9 Å². The smallest absolute Gasteiger partial charge is 0.258 e. The van der Waals surface area contributed by atoms with E-state index in [1.807, 2.05) is 24.3 Å². The highest BCUT2D eigenvalue weighted by Crippen LogP contribution is 2.43. The Morgan fingerprint density at radius 2 is 1.87 bits per heavy atom. The van der Waals surface area contributed by atoms with Gasteiger partial charge < -0.3 is 39.6 Å². The van der Waals surface area contributed by atoms with Crippen LogP contribution in [0, 0.1) is 17.3 Å². The maximum atomic E-state index is 14.4. The second kappa shape index (κ2) is 17.5. The van der Waals surface area contributed by atoms with E-state index >= 15 is 0 Å². The van der Waals surface area contributed by atoms with Crippen molar-refractivity contribution >= 4 is 23.6 Å². The van der Waals surface area contributed by atoms with Crippen LogP contribution < -0.4 is 25.4 Å². The summed E-state index contributed by atoms with van der Waals surface area (Å²) >= 11 is 0. The summed E-state index contributed by atoms with van der Waals surface area (Å²) in [6.07, 6.45) is 6.44. The van der Waals surface area contributed by atoms with E-state index in [-0.39, 0.29) is 62.2 Å². The van der Waals surface area contributed by atoms with Gasteiger partial charge in [0, 0.05) is 64.0 Å². The number of aromatic nitrogens is 2. The zero-order chi connectivity index (χ0) is 36.3. The van der Waals surface area contributed by atoms with Gasteiger partial charge in [0.15, 0.2) is 23.9 Å². The summed E-state index contributed by atoms with van der Waals surface area (Å²) in [6.45, 7) is 1.94. The molecule has 14 heteroatoms. The number of amides is 4. The third kappa shape index (κ3) is 9.87. The highest BCUT2D eigenvalue weighted by Gasteiger charge is 2.43. The molecule has 2 aromatic heterocycles. The lowest BCUT2D eigenvalue weighted by molar-refractivity contribution is -0.139. The van der Waals surface area contributed by atoms with Gasteiger partial charge in [0.05, 0.1) is 24.8 Å². The van der Waals surface area contributed by atoms with Crippen LogP contribution in [-0.2, 0) is 36.9 Å². The van der Waals surface area contributed by atoms with E-state index in [1.165, 1.54) is 7.11 Å². The number of carbonyl (C=O) groups is 4. The molecule has 52 heavy (non-hydrogen) atoms. The number of nitrogens with zero attached hydrogens (tertiary/aromatic N) is 3. The van der Waals surface area contributed by atoms with E-state index in [1.54, 1.807) is 29.3 Å². The van der Waals surface area contributed by atoms with Gasteiger partial charge in [-0.2, -0.15) is 0 Å². The minimum absolute atomic E-state index is 0.00388. The van der Waals surface area contributed by atoms with E-state index in [2.05, 4.69) is 26.1 Å². The molecule has 3 aliphatic rings. The molecule has 278 valence electrons. The van der Waals surface area contributed by atoms with E-state index in [4.69, 9.17) is 18.7 Å². The Morgan fingerprint density at radius 1 is 1.02 bits per heavy atom. The molecule has 3 N–H and O–H groups in total. The number of carbonyl (C=O) groups excluding carboxylic acids is 4. The van der Waals surface area contributed by atoms with Gasteiger partial charge in [0.1, 0.15) is 5.69 Å². The number of nitrogens with one attached hydrogen (secondary N) is 3. The Bertz CT molecular complexity index is 1690. The van der Waals surface area contributed by atoms with Crippen LogP contribution >= 0.6 is 0 Å². The molecule has 4 heterocycles. The molecule has 2 fully saturated rings. The van der Waals surface area contributed by atoms with Crippen LogP contribution in [0.25, 0.3) is 11.4 Å². The van der Waals surface area contributed by atoms with Gasteiger partial charge in [-0.15, -0.1) is 0 Å². The van der Waals surface area contributed by atoms with Gasteiger partial charge in [-0.05, 0) is 67.9 Å². The van der Waals surface area contributed by atoms with Crippen molar-refractivity contribution in [1.82, 2.24) is 31.0 Å². The molecule has 1 aromatic carbocycles. The molecular weight excluding hydrogens is 668 g/mol. The van der Waals surface area contributed by atoms with Crippen molar-refractivity contribution in [3.05, 3.63) is 60.0 Å². The molecule has 6 rings (SSSR count). The summed E-state index contributed by atoms with van der Waals surface area (Å²) in [6, 6.07) is 12.7. The SMILES string of the molecule is COc1ccc2cc1OCC(=O)NCCN(C(=O)C1CCOCC1)CCCC(=O)NCC(CC1CC1)(C(=O)NCc1cc(-c3ccccn3)no1)C2. The molecule has 14 nitrogen and oxygen atoms in total. The van der Waals surface area contributed by atoms with E-state index in [0.717, 1.165) is 18.4 Å². The minimum atomic E-state index is -1.01. The van der Waals surface area contributed by atoms with Gasteiger partial charge in [-0.25, -0.2) is 0 Å². The second-order valence-corrected chi connectivity index (χ2v) is 13.9. The molecule has 4 amide bonds. The molecule has 1 atom stereocenters. The fourth-order valence-corrected chi connectivity index (χ4v) is 6.90. The maximum Gasteiger partial charge on any atom is 0.258 e. The van der Waals surface area contributed by atoms with Crippen LogP contribution in [0.4, 0.5) is 0 Å². The molecule has 3 aromatic rings. The number of pyridine rings is 1. The third-order valence-electron chi connectivity index (χ3n) is 9.94. The summed E-state index contributed by atoms with van der Waals surface area (Å²) < 4.78 is 22.5. The van der Waals surface area contributed by atoms with Crippen molar-refractivity contribution in [3.8, 4) is 22.9 Å². The fraction of sp³-hybridized carbons (Fsp3) is 0.526. The molecule has 1 unspecified atom stereocenters. The molecule has 2 aliphatic heterocycles. The average molecular weight is 717 g/mol. The summed E-state index contributed by atoms with van der Waals surface area (Å²) in [5, 5.41) is 13.1. The van der Waals surface area contributed by atoms with Gasteiger partial charge in [-0.3, -0.25) is 24.2 Å². The predicted molar refractivity (Wildman–Crippen MR) is 189 cm³/mol. The molecule has 1 saturated carbocycles. The number of fused-ring (bicyclic) bond motifs is 2. The number of methoxy groups -OCH3 is 1. The maximum absolute atomic E-state index is 14.4. The molecule has 1 saturated heterocycles. The highest BCUT2D eigenvalue weighted by atomic mass is 16.5. The minimum Gasteiger partial charge on any atom is -0.493 e. The predicted octanol–water partition coefficient (Wildman–Crippen LogP) is 3.05. The molecule has 2 bridgehead atoms. The van der Waals surface area contributed by atoms with Crippen LogP contribution in [0.2, 0.25) is 0 Å². The van der Waals surface area contributed by atoms with Crippen molar-refractivity contribution in [3.63, 3.8) is 0 Å². The summed E-state index contributed by atoms with van der Waals surface area (Å²) in [4.78, 5) is 60.2. The second-order valence-electron chi connectivity index (χ2n) is 13.9. The largest absolute Gasteiger partial charge is 0.493 e. The Kier molecular flexibility index (Phi) is 12.4. The van der Waals surface area contributed by atoms with Gasteiger partial charge in [0.25, 0.3) is 5.91 Å². The number of benzene rings is 1. The first-order chi connectivity index (χ1) is 25.3. The van der Waals surface area contributed by atoms with Crippen molar-refractivity contribution in [2.45, 2.75) is 57.9 Å². The molecule has 0 spiro atoms. The monoisotopic (exact) mass is 716 g/mol. The summed E-state index contributed by atoms with van der Waals surface area (Å²) in [7, 11) is 1.52. The highest BCUT2D eigenvalue weighted by molar-refractivity contribution is 5.85. The van der Waals surface area contributed by atoms with Gasteiger partial charge in [-0.1, -0.05) is 30.1 Å². The fourth-order valence-electron chi connectivity index (χ4n) is 6.90. The van der Waals surface area contributed by atoms with Gasteiger partial charge in [0.2, 0.25) is 17.7 Å². The summed E-state index contributed by atoms with van der Waals surface area (Å²) in [5.41, 5.74) is 1.00. The van der Waals surface area contributed by atoms with E-state index in [0.29, 0.717) is 93.0 Å². The van der Waals surface area contributed by atoms with Crippen LogP contribution in [0.5, 0.6) is 11.5 Å². The standard InChI is InChI=1S/C38H48N6O8/c1-49-32-10-9-27-19-33(32)51-24-35(46)40-14-16-44(36(47)28-11-17-50-18-12-28)15-4-6-34(45)42-25-38(22-27,21-26-7-8-26)37(48)41-23-29-20-31(43-52-29)30-5-2-3-13-39-30/h2-3,5,9-10,13,19-20,26,28H,4,6-8,11-12,14-18,21-25H2,1H3,(H,40,46)(H,41,48)(H,42,45). The normalized spacial score (nSPS) is 21.1. The number of hydrogen-bond acceptors (Lipinski definition) is 10. The Labute approximate surface area is 303 Å². The van der Waals surface area contributed by atoms with Crippen LogP contribution in [0.1, 0.15) is 56.3 Å². The van der Waals surface area contributed by atoms with Crippen molar-refractivity contribution in [1.29, 1.82) is 0 Å². The topological polar surface area (TPSA) is 174 Å². The zero-order valence-corrected chi connectivity index (χ0v) is 29.7. The Morgan fingerprint density at radius 3 is 2.63 bits per heavy atom. The Balaban J connectivity index is 1.23. The first-order valence-corrected chi connectivity index (χ1v) is 18.2. The molecule has 0 radical (unpaired) electrons. The van der Waals surface area contributed by atoms with Crippen LogP contribution in [0.15, 0.2) is 53.2 Å². The number of hydrogen-bond donors (Lipinski definition) is 3. The number of ether oxygens (including phenoxy) is 3. The lowest BCUT2D eigenvalue weighted by atomic mass is 9.75. The first-order valence-electron chi connectivity index (χ1n) is 18.2. The molecular formula is C38H48N6O8. The third-order valence-corrected chi connectivity index (χ3v) is 9.94. The quantitative estimate of drug-likeness (QED) is 0.315. The van der Waals surface area contributed by atoms with E-state index in [9.17, 15) is 19.2 Å². The van der Waals surface area contributed by atoms with Gasteiger partial charge >= 0.3 is 0 Å². The lowest BCUT2D eigenvalue weighted by Crippen LogP contribution is -2.50. The van der Waals surface area contributed by atoms with Crippen LogP contribution in [-0.4, -0.2) is 91.8 Å². The average Bonchev–Trinajstić information content (AvgIpc) is 3.86. The van der Waals surface area contributed by atoms with Crippen LogP contribution in [0.3, 0.4) is 0 Å². The van der Waals surface area contributed by atoms with E-state index < -0.39 is 5.41 Å². The zero-order valence-electron chi connectivity index (χ0n) is 29.7.